The van der Waals surface area contributed by atoms with Gasteiger partial charge in [-0.25, -0.2) is 9.50 Å². The molecule has 0 aliphatic heterocycles. The van der Waals surface area contributed by atoms with Crippen molar-refractivity contribution in [3.63, 3.8) is 0 Å². The second-order valence-corrected chi connectivity index (χ2v) is 7.93. The predicted octanol–water partition coefficient (Wildman–Crippen LogP) is 5.35. The zero-order valence-electron chi connectivity index (χ0n) is 16.3. The molecule has 3 aromatic heterocycles. The van der Waals surface area contributed by atoms with Crippen LogP contribution < -0.4 is 5.32 Å². The molecule has 0 atom stereocenters. The molecule has 0 unspecified atom stereocenters. The Labute approximate surface area is 171 Å². The lowest BCUT2D eigenvalue weighted by Crippen LogP contribution is -2.25. The van der Waals surface area contributed by atoms with Crippen LogP contribution in [0.3, 0.4) is 0 Å². The van der Waals surface area contributed by atoms with Gasteiger partial charge >= 0.3 is 6.18 Å². The number of rotatable bonds is 8. The van der Waals surface area contributed by atoms with Crippen molar-refractivity contribution in [3.8, 4) is 10.6 Å². The maximum absolute atomic E-state index is 13.6. The molecule has 3 rings (SSSR count). The zero-order chi connectivity index (χ0) is 21.0. The van der Waals surface area contributed by atoms with Gasteiger partial charge in [-0.05, 0) is 31.0 Å². The van der Waals surface area contributed by atoms with E-state index in [1.165, 1.54) is 17.4 Å². The van der Waals surface area contributed by atoms with E-state index in [9.17, 15) is 18.0 Å². The number of alkyl halides is 3. The minimum atomic E-state index is -4.62. The second-order valence-electron chi connectivity index (χ2n) is 6.76. The first-order valence-corrected chi connectivity index (χ1v) is 10.5. The van der Waals surface area contributed by atoms with Gasteiger partial charge in [-0.15, -0.1) is 11.3 Å². The number of halogens is 3. The van der Waals surface area contributed by atoms with E-state index >= 15 is 0 Å². The molecule has 0 aliphatic carbocycles. The Hall–Kier alpha value is -2.42. The van der Waals surface area contributed by atoms with E-state index in [0.717, 1.165) is 43.0 Å². The molecule has 3 aromatic rings. The SMILES string of the molecule is CCCCCCNC(=O)c1cc2nc(-c3ccc(CC)s3)cc(C(F)(F)F)n2n1. The quantitative estimate of drug-likeness (QED) is 0.496. The highest BCUT2D eigenvalue weighted by molar-refractivity contribution is 7.15. The summed E-state index contributed by atoms with van der Waals surface area (Å²) < 4.78 is 41.6. The Morgan fingerprint density at radius 2 is 1.97 bits per heavy atom. The Bertz CT molecular complexity index is 993. The molecule has 5 nitrogen and oxygen atoms in total. The number of unbranched alkanes of at least 4 members (excludes halogenated alkanes) is 3. The smallest absolute Gasteiger partial charge is 0.351 e. The number of thiophene rings is 1. The summed E-state index contributed by atoms with van der Waals surface area (Å²) in [6.45, 7) is 4.54. The minimum Gasteiger partial charge on any atom is -0.351 e. The van der Waals surface area contributed by atoms with Crippen molar-refractivity contribution in [3.05, 3.63) is 40.5 Å². The van der Waals surface area contributed by atoms with Crippen LogP contribution in [0.15, 0.2) is 24.3 Å². The average Bonchev–Trinajstić information content (AvgIpc) is 3.32. The molecule has 0 radical (unpaired) electrons. The summed E-state index contributed by atoms with van der Waals surface area (Å²) >= 11 is 1.41. The van der Waals surface area contributed by atoms with E-state index in [2.05, 4.69) is 22.3 Å². The molecule has 0 spiro atoms. The molecule has 1 amide bonds. The van der Waals surface area contributed by atoms with Crippen LogP contribution in [0.2, 0.25) is 0 Å². The molecule has 0 aromatic carbocycles. The Morgan fingerprint density at radius 3 is 2.62 bits per heavy atom. The highest BCUT2D eigenvalue weighted by atomic mass is 32.1. The van der Waals surface area contributed by atoms with Crippen LogP contribution in [-0.2, 0) is 12.6 Å². The number of hydrogen-bond acceptors (Lipinski definition) is 4. The third-order valence-corrected chi connectivity index (χ3v) is 5.78. The van der Waals surface area contributed by atoms with Crippen LogP contribution >= 0.6 is 11.3 Å². The van der Waals surface area contributed by atoms with Crippen molar-refractivity contribution in [2.45, 2.75) is 52.1 Å². The summed E-state index contributed by atoms with van der Waals surface area (Å²) in [4.78, 5) is 18.3. The van der Waals surface area contributed by atoms with Crippen molar-refractivity contribution < 1.29 is 18.0 Å². The normalized spacial score (nSPS) is 11.9. The number of nitrogens with one attached hydrogen (secondary N) is 1. The minimum absolute atomic E-state index is 0.00240. The van der Waals surface area contributed by atoms with E-state index in [4.69, 9.17) is 0 Å². The van der Waals surface area contributed by atoms with Gasteiger partial charge in [-0.1, -0.05) is 33.1 Å². The molecule has 29 heavy (non-hydrogen) atoms. The summed E-state index contributed by atoms with van der Waals surface area (Å²) in [7, 11) is 0. The van der Waals surface area contributed by atoms with Gasteiger partial charge in [-0.2, -0.15) is 18.3 Å². The van der Waals surface area contributed by atoms with E-state index in [-0.39, 0.29) is 17.0 Å². The molecule has 0 fully saturated rings. The van der Waals surface area contributed by atoms with Crippen LogP contribution in [0.25, 0.3) is 16.2 Å². The number of aromatic nitrogens is 3. The Kier molecular flexibility index (Phi) is 6.56. The molecule has 0 bridgehead atoms. The summed E-state index contributed by atoms with van der Waals surface area (Å²) in [5, 5.41) is 6.59. The van der Waals surface area contributed by atoms with E-state index in [1.54, 1.807) is 6.07 Å². The number of aryl methyl sites for hydroxylation is 1. The third kappa shape index (κ3) is 4.95. The molecule has 156 valence electrons. The predicted molar refractivity (Wildman–Crippen MR) is 107 cm³/mol. The molecule has 0 saturated carbocycles. The van der Waals surface area contributed by atoms with Crippen molar-refractivity contribution in [2.75, 3.05) is 6.54 Å². The lowest BCUT2D eigenvalue weighted by atomic mass is 10.2. The average molecular weight is 424 g/mol. The van der Waals surface area contributed by atoms with E-state index < -0.39 is 17.8 Å². The van der Waals surface area contributed by atoms with Gasteiger partial charge in [-0.3, -0.25) is 4.79 Å². The summed E-state index contributed by atoms with van der Waals surface area (Å²) in [5.74, 6) is -0.494. The van der Waals surface area contributed by atoms with Gasteiger partial charge in [0.2, 0.25) is 0 Å². The van der Waals surface area contributed by atoms with E-state index in [1.807, 2.05) is 13.0 Å². The molecule has 1 N–H and O–H groups in total. The largest absolute Gasteiger partial charge is 0.433 e. The first kappa shape index (κ1) is 21.3. The van der Waals surface area contributed by atoms with Crippen LogP contribution in [0.5, 0.6) is 0 Å². The molecule has 3 heterocycles. The highest BCUT2D eigenvalue weighted by Crippen LogP contribution is 2.34. The lowest BCUT2D eigenvalue weighted by Gasteiger charge is -2.10. The third-order valence-electron chi connectivity index (χ3n) is 4.53. The van der Waals surface area contributed by atoms with Crippen LogP contribution in [0, 0.1) is 0 Å². The van der Waals surface area contributed by atoms with E-state index in [0.29, 0.717) is 15.9 Å². The zero-order valence-corrected chi connectivity index (χ0v) is 17.2. The highest BCUT2D eigenvalue weighted by Gasteiger charge is 2.35. The standard InChI is InChI=1S/C20H23F3N4OS/c1-3-5-6-7-10-24-19(28)15-12-18-25-14(16-9-8-13(4-2)29-16)11-17(20(21,22)23)27(18)26-15/h8-9,11-12H,3-7,10H2,1-2H3,(H,24,28). The number of amides is 1. The fourth-order valence-electron chi connectivity index (χ4n) is 2.96. The van der Waals surface area contributed by atoms with Crippen molar-refractivity contribution >= 4 is 22.9 Å². The molecular weight excluding hydrogens is 401 g/mol. The van der Waals surface area contributed by atoms with Crippen LogP contribution in [0.1, 0.15) is 60.6 Å². The Balaban J connectivity index is 1.92. The number of nitrogens with zero attached hydrogens (tertiary/aromatic N) is 3. The fraction of sp³-hybridized carbons (Fsp3) is 0.450. The number of carbonyl (C=O) groups excluding carboxylic acids is 1. The lowest BCUT2D eigenvalue weighted by molar-refractivity contribution is -0.142. The molecular formula is C20H23F3N4OS. The van der Waals surface area contributed by atoms with Gasteiger partial charge in [0.15, 0.2) is 17.0 Å². The van der Waals surface area contributed by atoms with Gasteiger partial charge < -0.3 is 5.32 Å². The van der Waals surface area contributed by atoms with Crippen LogP contribution in [0.4, 0.5) is 13.2 Å². The van der Waals surface area contributed by atoms with Crippen LogP contribution in [-0.4, -0.2) is 27.0 Å². The summed E-state index contributed by atoms with van der Waals surface area (Å²) in [6, 6.07) is 5.93. The van der Waals surface area contributed by atoms with Crippen molar-refractivity contribution in [2.24, 2.45) is 0 Å². The number of hydrogen-bond donors (Lipinski definition) is 1. The first-order chi connectivity index (χ1) is 13.8. The van der Waals surface area contributed by atoms with Gasteiger partial charge in [0.05, 0.1) is 10.6 Å². The van der Waals surface area contributed by atoms with Crippen molar-refractivity contribution in [1.82, 2.24) is 19.9 Å². The maximum Gasteiger partial charge on any atom is 0.433 e. The molecule has 0 aliphatic rings. The van der Waals surface area contributed by atoms with Gasteiger partial charge in [0, 0.05) is 17.5 Å². The van der Waals surface area contributed by atoms with Crippen molar-refractivity contribution in [1.29, 1.82) is 0 Å². The number of carbonyl (C=O) groups is 1. The second kappa shape index (κ2) is 8.94. The maximum atomic E-state index is 13.6. The fourth-order valence-corrected chi connectivity index (χ4v) is 3.87. The molecule has 9 heteroatoms. The monoisotopic (exact) mass is 424 g/mol. The number of fused-ring (bicyclic) bond motifs is 1. The Morgan fingerprint density at radius 1 is 1.17 bits per heavy atom. The topological polar surface area (TPSA) is 59.3 Å². The van der Waals surface area contributed by atoms with Gasteiger partial charge in [0.25, 0.3) is 5.91 Å². The summed E-state index contributed by atoms with van der Waals surface area (Å²) in [5.41, 5.74) is -0.805. The molecule has 0 saturated heterocycles. The summed E-state index contributed by atoms with van der Waals surface area (Å²) in [6.07, 6.45) is 0.148. The van der Waals surface area contributed by atoms with Gasteiger partial charge in [0.1, 0.15) is 0 Å². The first-order valence-electron chi connectivity index (χ1n) is 9.68.